The minimum absolute atomic E-state index is 0.0126. The fourth-order valence-electron chi connectivity index (χ4n) is 1.59. The second kappa shape index (κ2) is 5.02. The summed E-state index contributed by atoms with van der Waals surface area (Å²) in [7, 11) is 0. The summed E-state index contributed by atoms with van der Waals surface area (Å²) in [5, 5.41) is 12.5. The van der Waals surface area contributed by atoms with Crippen molar-refractivity contribution in [2.75, 3.05) is 12.4 Å². The number of alkyl halides is 1. The van der Waals surface area contributed by atoms with Crippen molar-refractivity contribution in [3.63, 3.8) is 0 Å². The summed E-state index contributed by atoms with van der Waals surface area (Å²) in [6.07, 6.45) is 2.13. The molecule has 1 aliphatic carbocycles. The molecule has 1 saturated carbocycles. The van der Waals surface area contributed by atoms with Gasteiger partial charge in [0.15, 0.2) is 0 Å². The Balaban J connectivity index is 2.02. The maximum atomic E-state index is 11.9. The van der Waals surface area contributed by atoms with E-state index in [0.29, 0.717) is 18.0 Å². The van der Waals surface area contributed by atoms with Crippen molar-refractivity contribution < 1.29 is 9.90 Å². The molecule has 1 aromatic rings. The van der Waals surface area contributed by atoms with Gasteiger partial charge in [0.25, 0.3) is 5.91 Å². The zero-order chi connectivity index (χ0) is 12.5. The summed E-state index contributed by atoms with van der Waals surface area (Å²) in [6.45, 7) is 0.584. The van der Waals surface area contributed by atoms with Crippen molar-refractivity contribution in [2.45, 2.75) is 12.8 Å². The number of hydrogen-bond donors (Lipinski definition) is 2. The molecule has 17 heavy (non-hydrogen) atoms. The van der Waals surface area contributed by atoms with Crippen molar-refractivity contribution in [2.24, 2.45) is 5.41 Å². The van der Waals surface area contributed by atoms with Gasteiger partial charge in [0.05, 0.1) is 5.56 Å². The standard InChI is InChI=1S/C12H13ClINO2/c13-6-12(3-4-12)7-15-11(17)9-5-8(14)1-2-10(9)16/h1-2,5,16H,3-4,6-7H2,(H,15,17). The molecule has 0 spiro atoms. The van der Waals surface area contributed by atoms with Gasteiger partial charge < -0.3 is 10.4 Å². The van der Waals surface area contributed by atoms with Crippen LogP contribution in [0.2, 0.25) is 0 Å². The van der Waals surface area contributed by atoms with Gasteiger partial charge in [-0.1, -0.05) is 0 Å². The van der Waals surface area contributed by atoms with Gasteiger partial charge in [-0.2, -0.15) is 0 Å². The maximum Gasteiger partial charge on any atom is 0.255 e. The molecule has 0 radical (unpaired) electrons. The van der Waals surface area contributed by atoms with Gasteiger partial charge in [-0.15, -0.1) is 11.6 Å². The second-order valence-corrected chi connectivity index (χ2v) is 5.99. The van der Waals surface area contributed by atoms with E-state index in [2.05, 4.69) is 27.9 Å². The first-order chi connectivity index (χ1) is 8.06. The number of nitrogens with one attached hydrogen (secondary N) is 1. The minimum atomic E-state index is -0.239. The van der Waals surface area contributed by atoms with Gasteiger partial charge >= 0.3 is 0 Å². The van der Waals surface area contributed by atoms with E-state index in [-0.39, 0.29) is 17.1 Å². The van der Waals surface area contributed by atoms with E-state index in [4.69, 9.17) is 11.6 Å². The largest absolute Gasteiger partial charge is 0.507 e. The molecule has 1 aromatic carbocycles. The average Bonchev–Trinajstić information content (AvgIpc) is 3.10. The number of amides is 1. The third-order valence-corrected chi connectivity index (χ3v) is 4.31. The van der Waals surface area contributed by atoms with E-state index in [9.17, 15) is 9.90 Å². The molecule has 0 unspecified atom stereocenters. The Morgan fingerprint density at radius 1 is 1.53 bits per heavy atom. The second-order valence-electron chi connectivity index (χ2n) is 4.48. The van der Waals surface area contributed by atoms with Crippen molar-refractivity contribution in [1.29, 1.82) is 0 Å². The molecular formula is C12H13ClINO2. The van der Waals surface area contributed by atoms with E-state index in [1.807, 2.05) is 0 Å². The predicted octanol–water partition coefficient (Wildman–Crippen LogP) is 2.75. The number of rotatable bonds is 4. The molecule has 1 aliphatic rings. The number of benzene rings is 1. The highest BCUT2D eigenvalue weighted by molar-refractivity contribution is 14.1. The number of carbonyl (C=O) groups is 1. The molecule has 1 amide bonds. The number of phenolic OH excluding ortho intramolecular Hbond substituents is 1. The van der Waals surface area contributed by atoms with E-state index < -0.39 is 0 Å². The van der Waals surface area contributed by atoms with Crippen LogP contribution in [0.15, 0.2) is 18.2 Å². The summed E-state index contributed by atoms with van der Waals surface area (Å²) in [4.78, 5) is 11.9. The van der Waals surface area contributed by atoms with Gasteiger partial charge in [0.2, 0.25) is 0 Å². The quantitative estimate of drug-likeness (QED) is 0.637. The molecule has 0 saturated heterocycles. The van der Waals surface area contributed by atoms with Crippen LogP contribution in [0.1, 0.15) is 23.2 Å². The maximum absolute atomic E-state index is 11.9. The van der Waals surface area contributed by atoms with Crippen LogP contribution in [0.25, 0.3) is 0 Å². The van der Waals surface area contributed by atoms with E-state index in [1.54, 1.807) is 12.1 Å². The zero-order valence-electron chi connectivity index (χ0n) is 9.17. The summed E-state index contributed by atoms with van der Waals surface area (Å²) in [5.74, 6) is 0.349. The van der Waals surface area contributed by atoms with Gasteiger partial charge in [-0.05, 0) is 53.6 Å². The molecule has 2 rings (SSSR count). The Bertz CT molecular complexity index is 446. The lowest BCUT2D eigenvalue weighted by molar-refractivity contribution is 0.0943. The molecular weight excluding hydrogens is 352 g/mol. The number of hydrogen-bond acceptors (Lipinski definition) is 2. The third kappa shape index (κ3) is 3.04. The van der Waals surface area contributed by atoms with E-state index in [0.717, 1.165) is 16.4 Å². The van der Waals surface area contributed by atoms with Gasteiger partial charge in [-0.25, -0.2) is 0 Å². The van der Waals surface area contributed by atoms with Crippen molar-refractivity contribution in [1.82, 2.24) is 5.32 Å². The Morgan fingerprint density at radius 3 is 2.82 bits per heavy atom. The SMILES string of the molecule is O=C(NCC1(CCl)CC1)c1cc(I)ccc1O. The molecule has 0 atom stereocenters. The molecule has 3 nitrogen and oxygen atoms in total. The Kier molecular flexibility index (Phi) is 3.82. The Morgan fingerprint density at radius 2 is 2.24 bits per heavy atom. The van der Waals surface area contributed by atoms with Gasteiger partial charge in [0.1, 0.15) is 5.75 Å². The molecule has 2 N–H and O–H groups in total. The first-order valence-electron chi connectivity index (χ1n) is 5.39. The van der Waals surface area contributed by atoms with Gasteiger partial charge in [0, 0.05) is 21.4 Å². The van der Waals surface area contributed by atoms with Crippen LogP contribution < -0.4 is 5.32 Å². The third-order valence-electron chi connectivity index (χ3n) is 3.07. The van der Waals surface area contributed by atoms with E-state index in [1.165, 1.54) is 6.07 Å². The van der Waals surface area contributed by atoms with Crippen LogP contribution in [0.5, 0.6) is 5.75 Å². The van der Waals surface area contributed by atoms with Crippen molar-refractivity contribution >= 4 is 40.1 Å². The molecule has 0 aliphatic heterocycles. The lowest BCUT2D eigenvalue weighted by Crippen LogP contribution is -2.31. The first-order valence-corrected chi connectivity index (χ1v) is 7.00. The number of carbonyl (C=O) groups excluding carboxylic acids is 1. The topological polar surface area (TPSA) is 49.3 Å². The molecule has 92 valence electrons. The van der Waals surface area contributed by atoms with Crippen molar-refractivity contribution in [3.05, 3.63) is 27.3 Å². The van der Waals surface area contributed by atoms with Gasteiger partial charge in [-0.3, -0.25) is 4.79 Å². The number of halogens is 2. The van der Waals surface area contributed by atoms with Crippen LogP contribution in [0, 0.1) is 8.99 Å². The summed E-state index contributed by atoms with van der Waals surface area (Å²) in [5.41, 5.74) is 0.414. The Labute approximate surface area is 119 Å². The monoisotopic (exact) mass is 365 g/mol. The zero-order valence-corrected chi connectivity index (χ0v) is 12.1. The highest BCUT2D eigenvalue weighted by Crippen LogP contribution is 2.45. The molecule has 0 heterocycles. The van der Waals surface area contributed by atoms with Crippen molar-refractivity contribution in [3.8, 4) is 5.75 Å². The van der Waals surface area contributed by atoms with Crippen LogP contribution >= 0.6 is 34.2 Å². The normalized spacial score (nSPS) is 16.6. The molecule has 5 heteroatoms. The summed E-state index contributed by atoms with van der Waals surface area (Å²) >= 11 is 7.95. The lowest BCUT2D eigenvalue weighted by atomic mass is 10.1. The van der Waals surface area contributed by atoms with Crippen LogP contribution in [0.3, 0.4) is 0 Å². The molecule has 1 fully saturated rings. The van der Waals surface area contributed by atoms with E-state index >= 15 is 0 Å². The smallest absolute Gasteiger partial charge is 0.255 e. The minimum Gasteiger partial charge on any atom is -0.507 e. The molecule has 0 aromatic heterocycles. The summed E-state index contributed by atoms with van der Waals surface area (Å²) in [6, 6.07) is 4.96. The lowest BCUT2D eigenvalue weighted by Gasteiger charge is -2.13. The van der Waals surface area contributed by atoms with Crippen LogP contribution in [-0.4, -0.2) is 23.4 Å². The highest BCUT2D eigenvalue weighted by atomic mass is 127. The fourth-order valence-corrected chi connectivity index (χ4v) is 2.44. The number of phenols is 1. The van der Waals surface area contributed by atoms with Crippen LogP contribution in [0.4, 0.5) is 0 Å². The van der Waals surface area contributed by atoms with Crippen LogP contribution in [-0.2, 0) is 0 Å². The predicted molar refractivity (Wildman–Crippen MR) is 75.5 cm³/mol. The summed E-state index contributed by atoms with van der Waals surface area (Å²) < 4.78 is 0.920. The average molecular weight is 366 g/mol. The fraction of sp³-hybridized carbons (Fsp3) is 0.417. The number of aromatic hydroxyl groups is 1. The molecule has 0 bridgehead atoms. The highest BCUT2D eigenvalue weighted by Gasteiger charge is 2.41. The Hall–Kier alpha value is -0.490. The first kappa shape index (κ1) is 13.0.